The second-order valence-corrected chi connectivity index (χ2v) is 7.25. The molecule has 0 spiro atoms. The van der Waals surface area contributed by atoms with Crippen LogP contribution in [0.3, 0.4) is 0 Å². The maximum absolute atomic E-state index is 13.2. The first-order valence-corrected chi connectivity index (χ1v) is 9.80. The van der Waals surface area contributed by atoms with Gasteiger partial charge in [-0.15, -0.1) is 0 Å². The van der Waals surface area contributed by atoms with Crippen LogP contribution in [0.1, 0.15) is 22.8 Å². The number of rotatable bonds is 6. The molecule has 0 bridgehead atoms. The number of hydrogen-bond acceptors (Lipinski definition) is 4. The summed E-state index contributed by atoms with van der Waals surface area (Å²) in [7, 11) is 0. The van der Waals surface area contributed by atoms with Crippen molar-refractivity contribution in [1.29, 1.82) is 0 Å². The molecule has 0 N–H and O–H groups in total. The van der Waals surface area contributed by atoms with Crippen molar-refractivity contribution < 1.29 is 4.79 Å². The van der Waals surface area contributed by atoms with Crippen LogP contribution in [0, 0.1) is 0 Å². The SMILES string of the molecule is CCn1cc(C(=O)N(CCc2ccccc2)c2nc3ccccc3s2)cn1. The fourth-order valence-corrected chi connectivity index (χ4v) is 3.94. The number of nitrogens with zero attached hydrogens (tertiary/aromatic N) is 4. The quantitative estimate of drug-likeness (QED) is 0.501. The predicted molar refractivity (Wildman–Crippen MR) is 109 cm³/mol. The monoisotopic (exact) mass is 376 g/mol. The van der Waals surface area contributed by atoms with Gasteiger partial charge in [0.2, 0.25) is 0 Å². The number of fused-ring (bicyclic) bond motifs is 1. The number of thiazole rings is 1. The molecule has 0 saturated carbocycles. The van der Waals surface area contributed by atoms with Gasteiger partial charge in [0.05, 0.1) is 22.0 Å². The Hall–Kier alpha value is -2.99. The summed E-state index contributed by atoms with van der Waals surface area (Å²) in [5.41, 5.74) is 2.70. The van der Waals surface area contributed by atoms with Crippen LogP contribution in [0.25, 0.3) is 10.2 Å². The van der Waals surface area contributed by atoms with Gasteiger partial charge in [0.15, 0.2) is 5.13 Å². The molecule has 27 heavy (non-hydrogen) atoms. The molecule has 4 aromatic rings. The molecule has 6 heteroatoms. The second-order valence-electron chi connectivity index (χ2n) is 6.24. The summed E-state index contributed by atoms with van der Waals surface area (Å²) in [5, 5.41) is 4.97. The molecule has 0 radical (unpaired) electrons. The summed E-state index contributed by atoms with van der Waals surface area (Å²) in [6.07, 6.45) is 4.20. The average Bonchev–Trinajstić information content (AvgIpc) is 3.35. The maximum atomic E-state index is 13.2. The third-order valence-electron chi connectivity index (χ3n) is 4.43. The highest BCUT2D eigenvalue weighted by molar-refractivity contribution is 7.22. The van der Waals surface area contributed by atoms with E-state index in [9.17, 15) is 4.79 Å². The van der Waals surface area contributed by atoms with Crippen molar-refractivity contribution in [3.8, 4) is 0 Å². The van der Waals surface area contributed by atoms with E-state index in [0.717, 1.165) is 28.3 Å². The lowest BCUT2D eigenvalue weighted by molar-refractivity contribution is 0.0987. The van der Waals surface area contributed by atoms with E-state index < -0.39 is 0 Å². The lowest BCUT2D eigenvalue weighted by Crippen LogP contribution is -2.32. The summed E-state index contributed by atoms with van der Waals surface area (Å²) < 4.78 is 2.84. The first-order chi connectivity index (χ1) is 13.2. The highest BCUT2D eigenvalue weighted by atomic mass is 32.1. The van der Waals surface area contributed by atoms with Crippen molar-refractivity contribution in [2.45, 2.75) is 19.9 Å². The van der Waals surface area contributed by atoms with Gasteiger partial charge in [-0.1, -0.05) is 53.8 Å². The van der Waals surface area contributed by atoms with Gasteiger partial charge < -0.3 is 0 Å². The molecule has 0 atom stereocenters. The summed E-state index contributed by atoms with van der Waals surface area (Å²) in [6, 6.07) is 18.2. The van der Waals surface area contributed by atoms with E-state index in [1.54, 1.807) is 33.3 Å². The molecule has 4 rings (SSSR count). The van der Waals surface area contributed by atoms with Gasteiger partial charge in [-0.3, -0.25) is 14.4 Å². The van der Waals surface area contributed by atoms with E-state index in [0.29, 0.717) is 12.1 Å². The molecule has 1 amide bonds. The highest BCUT2D eigenvalue weighted by Gasteiger charge is 2.22. The number of carbonyl (C=O) groups is 1. The van der Waals surface area contributed by atoms with Crippen LogP contribution >= 0.6 is 11.3 Å². The van der Waals surface area contributed by atoms with Crippen molar-refractivity contribution in [3.05, 3.63) is 78.1 Å². The Labute approximate surface area is 161 Å². The van der Waals surface area contributed by atoms with Crippen LogP contribution in [0.5, 0.6) is 0 Å². The minimum Gasteiger partial charge on any atom is -0.284 e. The van der Waals surface area contributed by atoms with Crippen LogP contribution in [-0.4, -0.2) is 27.2 Å². The van der Waals surface area contributed by atoms with Crippen molar-refractivity contribution >= 4 is 32.6 Å². The van der Waals surface area contributed by atoms with Gasteiger partial charge in [0.25, 0.3) is 5.91 Å². The zero-order valence-corrected chi connectivity index (χ0v) is 15.9. The van der Waals surface area contributed by atoms with Gasteiger partial charge >= 0.3 is 0 Å². The van der Waals surface area contributed by atoms with E-state index in [-0.39, 0.29) is 5.91 Å². The third-order valence-corrected chi connectivity index (χ3v) is 5.49. The Morgan fingerprint density at radius 1 is 1.11 bits per heavy atom. The number of carbonyl (C=O) groups excluding carboxylic acids is 1. The normalized spacial score (nSPS) is 11.0. The van der Waals surface area contributed by atoms with E-state index in [1.165, 1.54) is 5.56 Å². The van der Waals surface area contributed by atoms with Crippen LogP contribution in [0.2, 0.25) is 0 Å². The summed E-state index contributed by atoms with van der Waals surface area (Å²) in [5.74, 6) is -0.0651. The number of anilines is 1. The Morgan fingerprint density at radius 2 is 1.89 bits per heavy atom. The summed E-state index contributed by atoms with van der Waals surface area (Å²) in [4.78, 5) is 19.7. The number of para-hydroxylation sites is 1. The largest absolute Gasteiger partial charge is 0.284 e. The van der Waals surface area contributed by atoms with Gasteiger partial charge in [-0.05, 0) is 31.0 Å². The van der Waals surface area contributed by atoms with Gasteiger partial charge in [0.1, 0.15) is 0 Å². The molecule has 136 valence electrons. The van der Waals surface area contributed by atoms with E-state index >= 15 is 0 Å². The average molecular weight is 376 g/mol. The Morgan fingerprint density at radius 3 is 2.63 bits per heavy atom. The Balaban J connectivity index is 1.66. The van der Waals surface area contributed by atoms with Crippen molar-refractivity contribution in [2.24, 2.45) is 0 Å². The molecule has 0 aliphatic carbocycles. The molecular formula is C21H20N4OS. The maximum Gasteiger partial charge on any atom is 0.263 e. The number of amides is 1. The van der Waals surface area contributed by atoms with E-state index in [1.807, 2.05) is 49.4 Å². The number of aryl methyl sites for hydroxylation is 1. The van der Waals surface area contributed by atoms with Crippen molar-refractivity contribution in [1.82, 2.24) is 14.8 Å². The third kappa shape index (κ3) is 3.75. The number of hydrogen-bond donors (Lipinski definition) is 0. The molecule has 2 aromatic carbocycles. The zero-order chi connectivity index (χ0) is 18.6. The second kappa shape index (κ2) is 7.72. The molecule has 2 heterocycles. The smallest absolute Gasteiger partial charge is 0.263 e. The van der Waals surface area contributed by atoms with Crippen molar-refractivity contribution in [3.63, 3.8) is 0 Å². The topological polar surface area (TPSA) is 51.0 Å². The minimum atomic E-state index is -0.0651. The van der Waals surface area contributed by atoms with Crippen molar-refractivity contribution in [2.75, 3.05) is 11.4 Å². The van der Waals surface area contributed by atoms with Crippen LogP contribution < -0.4 is 4.90 Å². The molecule has 0 aliphatic heterocycles. The fraction of sp³-hybridized carbons (Fsp3) is 0.190. The van der Waals surface area contributed by atoms with Gasteiger partial charge in [-0.25, -0.2) is 4.98 Å². The number of aromatic nitrogens is 3. The zero-order valence-electron chi connectivity index (χ0n) is 15.1. The van der Waals surface area contributed by atoms with Gasteiger partial charge in [0, 0.05) is 19.3 Å². The van der Waals surface area contributed by atoms with Gasteiger partial charge in [-0.2, -0.15) is 5.10 Å². The predicted octanol–water partition coefficient (Wildman–Crippen LogP) is 4.40. The lowest BCUT2D eigenvalue weighted by atomic mass is 10.1. The van der Waals surface area contributed by atoms with E-state index in [2.05, 4.69) is 17.2 Å². The first-order valence-electron chi connectivity index (χ1n) is 8.98. The van der Waals surface area contributed by atoms with E-state index in [4.69, 9.17) is 4.98 Å². The highest BCUT2D eigenvalue weighted by Crippen LogP contribution is 2.29. The Kier molecular flexibility index (Phi) is 4.98. The van der Waals surface area contributed by atoms with Crippen LogP contribution in [0.15, 0.2) is 67.0 Å². The minimum absolute atomic E-state index is 0.0651. The van der Waals surface area contributed by atoms with Crippen LogP contribution in [0.4, 0.5) is 5.13 Å². The molecule has 0 saturated heterocycles. The number of benzene rings is 2. The molecular weight excluding hydrogens is 356 g/mol. The standard InChI is InChI=1S/C21H20N4OS/c1-2-24-15-17(14-22-24)20(26)25(13-12-16-8-4-3-5-9-16)21-23-18-10-6-7-11-19(18)27-21/h3-11,14-15H,2,12-13H2,1H3. The summed E-state index contributed by atoms with van der Waals surface area (Å²) >= 11 is 1.54. The summed E-state index contributed by atoms with van der Waals surface area (Å²) in [6.45, 7) is 3.31. The Bertz CT molecular complexity index is 1020. The molecule has 5 nitrogen and oxygen atoms in total. The molecule has 2 aromatic heterocycles. The van der Waals surface area contributed by atoms with Crippen LogP contribution in [-0.2, 0) is 13.0 Å². The lowest BCUT2D eigenvalue weighted by Gasteiger charge is -2.19. The molecule has 0 fully saturated rings. The molecule has 0 unspecified atom stereocenters. The molecule has 0 aliphatic rings. The first kappa shape index (κ1) is 17.4. The fourth-order valence-electron chi connectivity index (χ4n) is 2.95.